The molecule has 21 heavy (non-hydrogen) atoms. The number of hydrogen-bond acceptors (Lipinski definition) is 6. The molecule has 9 heteroatoms. The van der Waals surface area contributed by atoms with E-state index in [4.69, 9.17) is 0 Å². The minimum Gasteiger partial charge on any atom is -0.465 e. The van der Waals surface area contributed by atoms with Gasteiger partial charge in [-0.05, 0) is 17.9 Å². The molecular weight excluding hydrogens is 314 g/mol. The van der Waals surface area contributed by atoms with Crippen LogP contribution in [0, 0.1) is 0 Å². The number of thiophene rings is 1. The number of esters is 1. The van der Waals surface area contributed by atoms with Crippen molar-refractivity contribution in [2.45, 2.75) is 24.3 Å². The topological polar surface area (TPSA) is 101 Å². The molecule has 0 aliphatic carbocycles. The maximum atomic E-state index is 12.4. The molecule has 0 saturated carbocycles. The maximum Gasteiger partial charge on any atom is 0.349 e. The van der Waals surface area contributed by atoms with E-state index in [1.807, 2.05) is 6.92 Å². The van der Waals surface area contributed by atoms with Gasteiger partial charge in [-0.1, -0.05) is 6.92 Å². The Morgan fingerprint density at radius 1 is 1.57 bits per heavy atom. The zero-order valence-corrected chi connectivity index (χ0v) is 13.1. The summed E-state index contributed by atoms with van der Waals surface area (Å²) in [5.41, 5.74) is 0. The SMILES string of the molecule is CCC(NS(=O)(=O)c1ccsc1C(=O)OC)c1ncc[nH]1. The molecule has 2 N–H and O–H groups in total. The highest BCUT2D eigenvalue weighted by atomic mass is 32.2. The summed E-state index contributed by atoms with van der Waals surface area (Å²) in [6, 6.07) is 0.893. The van der Waals surface area contributed by atoms with Crippen molar-refractivity contribution < 1.29 is 17.9 Å². The van der Waals surface area contributed by atoms with Crippen LogP contribution in [-0.4, -0.2) is 31.5 Å². The van der Waals surface area contributed by atoms with Gasteiger partial charge in [0.05, 0.1) is 13.2 Å². The van der Waals surface area contributed by atoms with Crippen molar-refractivity contribution in [3.63, 3.8) is 0 Å². The molecule has 2 aromatic heterocycles. The predicted molar refractivity (Wildman–Crippen MR) is 77.6 cm³/mol. The quantitative estimate of drug-likeness (QED) is 0.785. The average Bonchev–Trinajstić information content (AvgIpc) is 3.14. The number of rotatable bonds is 6. The fourth-order valence-electron chi connectivity index (χ4n) is 1.80. The van der Waals surface area contributed by atoms with Crippen molar-refractivity contribution >= 4 is 27.3 Å². The van der Waals surface area contributed by atoms with Crippen LogP contribution in [-0.2, 0) is 14.8 Å². The molecule has 1 atom stereocenters. The zero-order chi connectivity index (χ0) is 15.5. The van der Waals surface area contributed by atoms with E-state index in [0.29, 0.717) is 12.2 Å². The minimum atomic E-state index is -3.84. The lowest BCUT2D eigenvalue weighted by Crippen LogP contribution is -2.29. The highest BCUT2D eigenvalue weighted by molar-refractivity contribution is 7.89. The minimum absolute atomic E-state index is 0.0549. The largest absolute Gasteiger partial charge is 0.465 e. The first-order valence-electron chi connectivity index (χ1n) is 6.17. The van der Waals surface area contributed by atoms with Gasteiger partial charge >= 0.3 is 5.97 Å². The lowest BCUT2D eigenvalue weighted by molar-refractivity contribution is 0.0602. The zero-order valence-electron chi connectivity index (χ0n) is 11.5. The van der Waals surface area contributed by atoms with Crippen LogP contribution in [0.25, 0.3) is 0 Å². The highest BCUT2D eigenvalue weighted by Gasteiger charge is 2.27. The Morgan fingerprint density at radius 2 is 2.33 bits per heavy atom. The van der Waals surface area contributed by atoms with Gasteiger partial charge in [-0.3, -0.25) is 0 Å². The van der Waals surface area contributed by atoms with Crippen LogP contribution < -0.4 is 4.72 Å². The van der Waals surface area contributed by atoms with E-state index in [-0.39, 0.29) is 9.77 Å². The van der Waals surface area contributed by atoms with Crippen molar-refractivity contribution in [3.05, 3.63) is 34.5 Å². The molecule has 0 saturated heterocycles. The van der Waals surface area contributed by atoms with Gasteiger partial charge in [0, 0.05) is 12.4 Å². The van der Waals surface area contributed by atoms with Gasteiger partial charge in [0.25, 0.3) is 0 Å². The number of H-pyrrole nitrogens is 1. The molecular formula is C12H15N3O4S2. The first-order valence-corrected chi connectivity index (χ1v) is 8.53. The van der Waals surface area contributed by atoms with Crippen LogP contribution in [0.3, 0.4) is 0 Å². The molecule has 0 aromatic carbocycles. The first kappa shape index (κ1) is 15.7. The number of nitrogens with zero attached hydrogens (tertiary/aromatic N) is 1. The summed E-state index contributed by atoms with van der Waals surface area (Å²) in [6.45, 7) is 1.84. The molecule has 0 spiro atoms. The van der Waals surface area contributed by atoms with E-state index in [2.05, 4.69) is 19.4 Å². The van der Waals surface area contributed by atoms with Gasteiger partial charge in [-0.2, -0.15) is 0 Å². The summed E-state index contributed by atoms with van der Waals surface area (Å²) >= 11 is 1.02. The third-order valence-electron chi connectivity index (χ3n) is 2.84. The number of aromatic nitrogens is 2. The predicted octanol–water partition coefficient (Wildman–Crippen LogP) is 1.69. The second-order valence-electron chi connectivity index (χ2n) is 4.16. The lowest BCUT2D eigenvalue weighted by atomic mass is 10.2. The Balaban J connectivity index is 2.30. The Labute approximate surface area is 126 Å². The summed E-state index contributed by atoms with van der Waals surface area (Å²) in [7, 11) is -2.63. The third kappa shape index (κ3) is 3.31. The number of sulfonamides is 1. The molecule has 114 valence electrons. The summed E-state index contributed by atoms with van der Waals surface area (Å²) in [5.74, 6) is -0.146. The molecule has 0 radical (unpaired) electrons. The van der Waals surface area contributed by atoms with Crippen molar-refractivity contribution in [1.82, 2.24) is 14.7 Å². The standard InChI is InChI=1S/C12H15N3O4S2/c1-3-8(11-13-5-6-14-11)15-21(17,18)9-4-7-20-10(9)12(16)19-2/h4-8,15H,3H2,1-2H3,(H,13,14). The number of carbonyl (C=O) groups is 1. The normalized spacial score (nSPS) is 13.0. The molecule has 0 amide bonds. The Hall–Kier alpha value is -1.71. The van der Waals surface area contributed by atoms with E-state index >= 15 is 0 Å². The molecule has 2 aromatic rings. The van der Waals surface area contributed by atoms with E-state index in [9.17, 15) is 13.2 Å². The fraction of sp³-hybridized carbons (Fsp3) is 0.333. The first-order chi connectivity index (χ1) is 9.99. The highest BCUT2D eigenvalue weighted by Crippen LogP contribution is 2.25. The van der Waals surface area contributed by atoms with Crippen molar-refractivity contribution in [2.24, 2.45) is 0 Å². The molecule has 0 aliphatic heterocycles. The number of methoxy groups -OCH3 is 1. The smallest absolute Gasteiger partial charge is 0.349 e. The fourth-order valence-corrected chi connectivity index (χ4v) is 4.42. The number of carbonyl (C=O) groups excluding carboxylic acids is 1. The van der Waals surface area contributed by atoms with E-state index in [0.717, 1.165) is 11.3 Å². The summed E-state index contributed by atoms with van der Waals surface area (Å²) in [6.07, 6.45) is 3.69. The van der Waals surface area contributed by atoms with Crippen LogP contribution in [0.5, 0.6) is 0 Å². The molecule has 2 heterocycles. The third-order valence-corrected chi connectivity index (χ3v) is 5.38. The van der Waals surface area contributed by atoms with Crippen molar-refractivity contribution in [2.75, 3.05) is 7.11 Å². The molecule has 0 bridgehead atoms. The Morgan fingerprint density at radius 3 is 2.90 bits per heavy atom. The van der Waals surface area contributed by atoms with E-state index in [1.165, 1.54) is 18.6 Å². The molecule has 0 aliphatic rings. The molecule has 1 unspecified atom stereocenters. The van der Waals surface area contributed by atoms with Gasteiger partial charge in [0.2, 0.25) is 10.0 Å². The average molecular weight is 329 g/mol. The number of imidazole rings is 1. The molecule has 7 nitrogen and oxygen atoms in total. The number of nitrogens with one attached hydrogen (secondary N) is 2. The van der Waals surface area contributed by atoms with Crippen molar-refractivity contribution in [3.8, 4) is 0 Å². The van der Waals surface area contributed by atoms with Gasteiger partial charge in [0.1, 0.15) is 15.6 Å². The van der Waals surface area contributed by atoms with Crippen LogP contribution >= 0.6 is 11.3 Å². The van der Waals surface area contributed by atoms with Crippen LogP contribution in [0.15, 0.2) is 28.7 Å². The summed E-state index contributed by atoms with van der Waals surface area (Å²) in [4.78, 5) is 18.5. The van der Waals surface area contributed by atoms with Gasteiger partial charge in [-0.15, -0.1) is 11.3 Å². The van der Waals surface area contributed by atoms with E-state index in [1.54, 1.807) is 12.4 Å². The van der Waals surface area contributed by atoms with E-state index < -0.39 is 22.0 Å². The lowest BCUT2D eigenvalue weighted by Gasteiger charge is -2.15. The molecule has 0 fully saturated rings. The monoisotopic (exact) mass is 329 g/mol. The molecule has 2 rings (SSSR count). The number of aromatic amines is 1. The Bertz CT molecular complexity index is 707. The van der Waals surface area contributed by atoms with Gasteiger partial charge in [0.15, 0.2) is 0 Å². The van der Waals surface area contributed by atoms with Crippen molar-refractivity contribution in [1.29, 1.82) is 0 Å². The maximum absolute atomic E-state index is 12.4. The second kappa shape index (κ2) is 6.37. The number of hydrogen-bond donors (Lipinski definition) is 2. The number of ether oxygens (including phenoxy) is 1. The second-order valence-corrected chi connectivity index (χ2v) is 6.76. The van der Waals surface area contributed by atoms with Crippen LogP contribution in [0.1, 0.15) is 34.9 Å². The van der Waals surface area contributed by atoms with Gasteiger partial charge in [-0.25, -0.2) is 22.9 Å². The summed E-state index contributed by atoms with van der Waals surface area (Å²) in [5, 5.41) is 1.54. The van der Waals surface area contributed by atoms with Crippen LogP contribution in [0.4, 0.5) is 0 Å². The summed E-state index contributed by atoms with van der Waals surface area (Å²) < 4.78 is 32.0. The Kier molecular flexibility index (Phi) is 4.76. The van der Waals surface area contributed by atoms with Crippen LogP contribution in [0.2, 0.25) is 0 Å². The van der Waals surface area contributed by atoms with Gasteiger partial charge < -0.3 is 9.72 Å².